The van der Waals surface area contributed by atoms with E-state index in [9.17, 15) is 4.79 Å². The van der Waals surface area contributed by atoms with Crippen molar-refractivity contribution < 1.29 is 4.79 Å². The fraction of sp³-hybridized carbons (Fsp3) is 0.211. The molecule has 3 rings (SSSR count). The van der Waals surface area contributed by atoms with Crippen molar-refractivity contribution in [2.45, 2.75) is 23.9 Å². The maximum atomic E-state index is 12.5. The van der Waals surface area contributed by atoms with Crippen molar-refractivity contribution in [1.29, 1.82) is 0 Å². The zero-order valence-corrected chi connectivity index (χ0v) is 19.3. The molecule has 0 aliphatic rings. The highest BCUT2D eigenvalue weighted by molar-refractivity contribution is 7.98. The van der Waals surface area contributed by atoms with Crippen molar-refractivity contribution in [3.63, 3.8) is 0 Å². The molecule has 0 aliphatic heterocycles. The van der Waals surface area contributed by atoms with Crippen molar-refractivity contribution in [3.05, 3.63) is 73.4 Å². The summed E-state index contributed by atoms with van der Waals surface area (Å²) in [5.41, 5.74) is 1.37. The van der Waals surface area contributed by atoms with Crippen LogP contribution in [0.2, 0.25) is 20.1 Å². The van der Waals surface area contributed by atoms with Crippen LogP contribution in [-0.4, -0.2) is 20.7 Å². The topological polar surface area (TPSA) is 59.8 Å². The van der Waals surface area contributed by atoms with Gasteiger partial charge >= 0.3 is 0 Å². The Balaban J connectivity index is 1.67. The van der Waals surface area contributed by atoms with Gasteiger partial charge in [0, 0.05) is 17.8 Å². The molecule has 29 heavy (non-hydrogen) atoms. The van der Waals surface area contributed by atoms with Crippen LogP contribution in [0, 0.1) is 0 Å². The zero-order chi connectivity index (χ0) is 21.1. The highest BCUT2D eigenvalue weighted by Crippen LogP contribution is 2.28. The van der Waals surface area contributed by atoms with E-state index in [4.69, 9.17) is 46.4 Å². The number of aromatic nitrogens is 3. The molecule has 0 spiro atoms. The Hall–Kier alpha value is -1.44. The van der Waals surface area contributed by atoms with E-state index in [0.717, 1.165) is 10.7 Å². The number of nitrogens with one attached hydrogen (secondary N) is 1. The Morgan fingerprint density at radius 1 is 1.07 bits per heavy atom. The Kier molecular flexibility index (Phi) is 7.35. The Morgan fingerprint density at radius 2 is 1.83 bits per heavy atom. The summed E-state index contributed by atoms with van der Waals surface area (Å²) >= 11 is 25.5. The lowest BCUT2D eigenvalue weighted by atomic mass is 10.2. The third-order valence-electron chi connectivity index (χ3n) is 4.13. The first-order valence-corrected chi connectivity index (χ1v) is 11.0. The Labute approximate surface area is 192 Å². The molecular formula is C19H16Cl4N4OS. The van der Waals surface area contributed by atoms with E-state index in [2.05, 4.69) is 15.5 Å². The summed E-state index contributed by atoms with van der Waals surface area (Å²) in [6.45, 7) is 1.83. The number of hydrogen-bond acceptors (Lipinski definition) is 4. The lowest BCUT2D eigenvalue weighted by Crippen LogP contribution is -2.28. The molecule has 1 heterocycles. The van der Waals surface area contributed by atoms with Gasteiger partial charge in [-0.25, -0.2) is 0 Å². The van der Waals surface area contributed by atoms with E-state index in [-0.39, 0.29) is 17.0 Å². The molecule has 0 unspecified atom stereocenters. The van der Waals surface area contributed by atoms with Crippen molar-refractivity contribution in [1.82, 2.24) is 20.1 Å². The zero-order valence-electron chi connectivity index (χ0n) is 15.4. The number of halogens is 4. The second-order valence-corrected chi connectivity index (χ2v) is 8.86. The number of nitrogens with zero attached hydrogens (tertiary/aromatic N) is 3. The van der Waals surface area contributed by atoms with Gasteiger partial charge in [0.1, 0.15) is 0 Å². The number of thioether (sulfide) groups is 1. The number of benzene rings is 2. The number of carbonyl (C=O) groups is 1. The third-order valence-corrected chi connectivity index (χ3v) is 6.51. The third kappa shape index (κ3) is 5.38. The van der Waals surface area contributed by atoms with E-state index < -0.39 is 0 Å². The van der Waals surface area contributed by atoms with Crippen LogP contribution in [-0.2, 0) is 12.8 Å². The molecule has 152 valence electrons. The van der Waals surface area contributed by atoms with E-state index in [0.29, 0.717) is 32.2 Å². The van der Waals surface area contributed by atoms with E-state index >= 15 is 0 Å². The number of carbonyl (C=O) groups excluding carboxylic acids is 1. The summed E-state index contributed by atoms with van der Waals surface area (Å²) in [6.07, 6.45) is 0. The van der Waals surface area contributed by atoms with Crippen molar-refractivity contribution >= 4 is 64.1 Å². The van der Waals surface area contributed by atoms with Gasteiger partial charge in [-0.15, -0.1) is 10.2 Å². The summed E-state index contributed by atoms with van der Waals surface area (Å²) in [5, 5.41) is 13.8. The molecule has 0 radical (unpaired) electrons. The van der Waals surface area contributed by atoms with Gasteiger partial charge in [-0.2, -0.15) is 0 Å². The normalized spacial score (nSPS) is 12.1. The fourth-order valence-corrected chi connectivity index (χ4v) is 4.29. The average molecular weight is 490 g/mol. The summed E-state index contributed by atoms with van der Waals surface area (Å²) in [7, 11) is 1.85. The van der Waals surface area contributed by atoms with Crippen LogP contribution in [0.25, 0.3) is 0 Å². The second kappa shape index (κ2) is 9.58. The standard InChI is InChI=1S/C19H16Cl4N4OS/c1-10(24-18(28)13-5-4-12(20)8-15(13)22)17-25-26-19(27(17)2)29-9-11-3-6-14(21)16(23)7-11/h3-8,10H,9H2,1-2H3,(H,24,28)/t10-/m0/s1. The molecule has 3 aromatic rings. The van der Waals surface area contributed by atoms with Gasteiger partial charge in [0.05, 0.1) is 26.7 Å². The molecule has 0 fully saturated rings. The number of rotatable bonds is 6. The smallest absolute Gasteiger partial charge is 0.253 e. The average Bonchev–Trinajstić information content (AvgIpc) is 3.03. The molecule has 0 saturated heterocycles. The summed E-state index contributed by atoms with van der Waals surface area (Å²) in [6, 6.07) is 9.87. The molecule has 0 aliphatic carbocycles. The molecule has 10 heteroatoms. The van der Waals surface area contributed by atoms with Crippen LogP contribution < -0.4 is 5.32 Å². The van der Waals surface area contributed by atoms with Crippen LogP contribution in [0.5, 0.6) is 0 Å². The van der Waals surface area contributed by atoms with Crippen LogP contribution in [0.15, 0.2) is 41.6 Å². The van der Waals surface area contributed by atoms with Crippen LogP contribution in [0.4, 0.5) is 0 Å². The fourth-order valence-electron chi connectivity index (χ4n) is 2.62. The van der Waals surface area contributed by atoms with Crippen LogP contribution in [0.3, 0.4) is 0 Å². The van der Waals surface area contributed by atoms with E-state index in [1.165, 1.54) is 17.8 Å². The van der Waals surface area contributed by atoms with Gasteiger partial charge in [-0.3, -0.25) is 4.79 Å². The Bertz CT molecular complexity index is 1060. The summed E-state index contributed by atoms with van der Waals surface area (Å²) < 4.78 is 1.84. The molecule has 1 amide bonds. The van der Waals surface area contributed by atoms with Gasteiger partial charge in [0.25, 0.3) is 5.91 Å². The maximum absolute atomic E-state index is 12.5. The number of hydrogen-bond donors (Lipinski definition) is 1. The minimum atomic E-state index is -0.369. The van der Waals surface area contributed by atoms with Crippen molar-refractivity contribution in [3.8, 4) is 0 Å². The summed E-state index contributed by atoms with van der Waals surface area (Å²) in [4.78, 5) is 12.5. The lowest BCUT2D eigenvalue weighted by Gasteiger charge is -2.14. The van der Waals surface area contributed by atoms with E-state index in [1.807, 2.05) is 30.7 Å². The molecule has 1 N–H and O–H groups in total. The first kappa shape index (κ1) is 22.2. The summed E-state index contributed by atoms with van der Waals surface area (Å²) in [5.74, 6) is 0.969. The van der Waals surface area contributed by atoms with Gasteiger partial charge < -0.3 is 9.88 Å². The predicted octanol–water partition coefficient (Wildman–Crippen LogP) is 6.21. The minimum Gasteiger partial charge on any atom is -0.342 e. The first-order valence-electron chi connectivity index (χ1n) is 8.48. The molecular weight excluding hydrogens is 474 g/mol. The molecule has 1 atom stereocenters. The van der Waals surface area contributed by atoms with Gasteiger partial charge in [0.15, 0.2) is 11.0 Å². The molecule has 1 aromatic heterocycles. The van der Waals surface area contributed by atoms with Crippen molar-refractivity contribution in [2.24, 2.45) is 7.05 Å². The van der Waals surface area contributed by atoms with Crippen LogP contribution in [0.1, 0.15) is 34.7 Å². The molecule has 5 nitrogen and oxygen atoms in total. The highest BCUT2D eigenvalue weighted by Gasteiger charge is 2.20. The Morgan fingerprint density at radius 3 is 2.52 bits per heavy atom. The van der Waals surface area contributed by atoms with Crippen LogP contribution >= 0.6 is 58.2 Å². The number of amides is 1. The monoisotopic (exact) mass is 488 g/mol. The quantitative estimate of drug-likeness (QED) is 0.418. The van der Waals surface area contributed by atoms with Gasteiger partial charge in [-0.05, 0) is 42.8 Å². The first-order chi connectivity index (χ1) is 13.8. The molecule has 2 aromatic carbocycles. The second-order valence-electron chi connectivity index (χ2n) is 6.26. The SMILES string of the molecule is C[C@H](NC(=O)c1ccc(Cl)cc1Cl)c1nnc(SCc2ccc(Cl)c(Cl)c2)n1C. The molecule has 0 saturated carbocycles. The van der Waals surface area contributed by atoms with E-state index in [1.54, 1.807) is 18.2 Å². The molecule has 0 bridgehead atoms. The maximum Gasteiger partial charge on any atom is 0.253 e. The minimum absolute atomic E-state index is 0.290. The highest BCUT2D eigenvalue weighted by atomic mass is 35.5. The van der Waals surface area contributed by atoms with Crippen molar-refractivity contribution in [2.75, 3.05) is 0 Å². The predicted molar refractivity (Wildman–Crippen MR) is 119 cm³/mol. The largest absolute Gasteiger partial charge is 0.342 e. The van der Waals surface area contributed by atoms with Gasteiger partial charge in [-0.1, -0.05) is 64.2 Å². The van der Waals surface area contributed by atoms with Gasteiger partial charge in [0.2, 0.25) is 0 Å². The lowest BCUT2D eigenvalue weighted by molar-refractivity contribution is 0.0938.